The Kier molecular flexibility index (Phi) is 3.66. The van der Waals surface area contributed by atoms with Crippen LogP contribution in [0.25, 0.3) is 0 Å². The highest BCUT2D eigenvalue weighted by atomic mass is 19.1. The van der Waals surface area contributed by atoms with Crippen LogP contribution in [0.4, 0.5) is 10.1 Å². The third-order valence-electron chi connectivity index (χ3n) is 2.56. The summed E-state index contributed by atoms with van der Waals surface area (Å²) in [5.74, 6) is -1.24. The van der Waals surface area contributed by atoms with Gasteiger partial charge in [0.2, 0.25) is 0 Å². The second-order valence-corrected chi connectivity index (χ2v) is 3.82. The van der Waals surface area contributed by atoms with Gasteiger partial charge in [-0.25, -0.2) is 4.39 Å². The lowest BCUT2D eigenvalue weighted by molar-refractivity contribution is 0.102. The van der Waals surface area contributed by atoms with Crippen LogP contribution < -0.4 is 10.1 Å². The number of nitrogens with one attached hydrogen (secondary N) is 1. The maximum atomic E-state index is 13.2. The number of methoxy groups -OCH3 is 1. The number of amides is 1. The minimum absolute atomic E-state index is 0.256. The lowest BCUT2D eigenvalue weighted by Gasteiger charge is -2.09. The van der Waals surface area contributed by atoms with Crippen molar-refractivity contribution in [3.8, 4) is 11.5 Å². The van der Waals surface area contributed by atoms with Crippen LogP contribution in [0, 0.1) is 5.82 Å². The van der Waals surface area contributed by atoms with E-state index in [0.717, 1.165) is 6.07 Å². The number of halogens is 1. The lowest BCUT2D eigenvalue weighted by atomic mass is 10.2. The number of ether oxygens (including phenoxy) is 1. The fourth-order valence-corrected chi connectivity index (χ4v) is 1.62. The van der Waals surface area contributed by atoms with Crippen LogP contribution >= 0.6 is 0 Å². The van der Waals surface area contributed by atoms with E-state index in [-0.39, 0.29) is 5.69 Å². The quantitative estimate of drug-likeness (QED) is 0.835. The van der Waals surface area contributed by atoms with Crippen molar-refractivity contribution < 1.29 is 19.0 Å². The number of hydrogen-bond acceptors (Lipinski definition) is 3. The van der Waals surface area contributed by atoms with E-state index >= 15 is 0 Å². The Morgan fingerprint density at radius 2 is 2.00 bits per heavy atom. The van der Waals surface area contributed by atoms with Crippen LogP contribution in [0.5, 0.6) is 11.5 Å². The van der Waals surface area contributed by atoms with Gasteiger partial charge in [-0.2, -0.15) is 0 Å². The molecular formula is C14H12FNO3. The second-order valence-electron chi connectivity index (χ2n) is 3.82. The first-order chi connectivity index (χ1) is 9.11. The summed E-state index contributed by atoms with van der Waals surface area (Å²) in [7, 11) is 1.46. The van der Waals surface area contributed by atoms with E-state index in [2.05, 4.69) is 5.32 Å². The number of carbonyl (C=O) groups excluding carboxylic acids is 1. The van der Waals surface area contributed by atoms with Crippen LogP contribution in [0.15, 0.2) is 42.5 Å². The predicted octanol–water partition coefficient (Wildman–Crippen LogP) is 2.79. The Morgan fingerprint density at radius 3 is 2.68 bits per heavy atom. The first kappa shape index (κ1) is 12.9. The molecule has 0 unspecified atom stereocenters. The minimum atomic E-state index is -0.794. The zero-order chi connectivity index (χ0) is 13.8. The molecule has 0 radical (unpaired) electrons. The maximum absolute atomic E-state index is 13.2. The third kappa shape index (κ3) is 2.82. The molecule has 2 rings (SSSR count). The molecule has 1 amide bonds. The van der Waals surface area contributed by atoms with Crippen molar-refractivity contribution >= 4 is 11.6 Å². The third-order valence-corrected chi connectivity index (χ3v) is 2.56. The van der Waals surface area contributed by atoms with Gasteiger partial charge in [0.15, 0.2) is 11.6 Å². The first-order valence-corrected chi connectivity index (χ1v) is 5.54. The molecule has 0 aliphatic carbocycles. The highest BCUT2D eigenvalue weighted by Gasteiger charge is 2.12. The van der Waals surface area contributed by atoms with Gasteiger partial charge < -0.3 is 15.2 Å². The number of carbonyl (C=O) groups is 1. The number of phenolic OH excluding ortho intramolecular Hbond substituents is 1. The van der Waals surface area contributed by atoms with Gasteiger partial charge in [-0.1, -0.05) is 12.1 Å². The largest absolute Gasteiger partial charge is 0.505 e. The highest BCUT2D eigenvalue weighted by molar-refractivity contribution is 6.06. The fourth-order valence-electron chi connectivity index (χ4n) is 1.62. The number of para-hydroxylation sites is 1. The Morgan fingerprint density at radius 1 is 1.26 bits per heavy atom. The molecule has 0 aliphatic rings. The molecule has 5 heteroatoms. The van der Waals surface area contributed by atoms with Gasteiger partial charge in [0, 0.05) is 11.8 Å². The molecule has 0 saturated carbocycles. The SMILES string of the molecule is COc1ccccc1C(=O)Nc1ccc(O)c(F)c1. The second kappa shape index (κ2) is 5.39. The molecule has 2 N–H and O–H groups in total. The molecule has 0 bridgehead atoms. The molecule has 2 aromatic rings. The molecule has 98 valence electrons. The van der Waals surface area contributed by atoms with Crippen molar-refractivity contribution in [2.24, 2.45) is 0 Å². The van der Waals surface area contributed by atoms with Crippen LogP contribution in [-0.4, -0.2) is 18.1 Å². The zero-order valence-electron chi connectivity index (χ0n) is 10.2. The smallest absolute Gasteiger partial charge is 0.259 e. The molecular weight excluding hydrogens is 249 g/mol. The number of anilines is 1. The van der Waals surface area contributed by atoms with Gasteiger partial charge in [0.25, 0.3) is 5.91 Å². The number of hydrogen-bond donors (Lipinski definition) is 2. The number of phenols is 1. The summed E-state index contributed by atoms with van der Waals surface area (Å²) < 4.78 is 18.2. The van der Waals surface area contributed by atoms with Crippen LogP contribution in [0.1, 0.15) is 10.4 Å². The van der Waals surface area contributed by atoms with Crippen molar-refractivity contribution in [3.63, 3.8) is 0 Å². The molecule has 0 saturated heterocycles. The van der Waals surface area contributed by atoms with Crippen molar-refractivity contribution in [1.82, 2.24) is 0 Å². The maximum Gasteiger partial charge on any atom is 0.259 e. The Balaban J connectivity index is 2.23. The van der Waals surface area contributed by atoms with E-state index in [1.165, 1.54) is 19.2 Å². The summed E-state index contributed by atoms with van der Waals surface area (Å²) in [6.07, 6.45) is 0. The van der Waals surface area contributed by atoms with Crippen molar-refractivity contribution in [1.29, 1.82) is 0 Å². The molecule has 4 nitrogen and oxygen atoms in total. The Bertz CT molecular complexity index is 613. The minimum Gasteiger partial charge on any atom is -0.505 e. The monoisotopic (exact) mass is 261 g/mol. The Labute approximate surface area is 109 Å². The van der Waals surface area contributed by atoms with Crippen molar-refractivity contribution in [3.05, 3.63) is 53.8 Å². The summed E-state index contributed by atoms with van der Waals surface area (Å²) in [5.41, 5.74) is 0.602. The standard InChI is InChI=1S/C14H12FNO3/c1-19-13-5-3-2-4-10(13)14(18)16-9-6-7-12(17)11(15)8-9/h2-8,17H,1H3,(H,16,18). The topological polar surface area (TPSA) is 58.6 Å². The average molecular weight is 261 g/mol. The molecule has 0 aliphatic heterocycles. The normalized spacial score (nSPS) is 10.0. The van der Waals surface area contributed by atoms with E-state index in [1.54, 1.807) is 24.3 Å². The van der Waals surface area contributed by atoms with Crippen molar-refractivity contribution in [2.75, 3.05) is 12.4 Å². The van der Waals surface area contributed by atoms with Gasteiger partial charge in [-0.15, -0.1) is 0 Å². The van der Waals surface area contributed by atoms with Crippen LogP contribution in [-0.2, 0) is 0 Å². The van der Waals surface area contributed by atoms with Gasteiger partial charge >= 0.3 is 0 Å². The summed E-state index contributed by atoms with van der Waals surface area (Å²) >= 11 is 0. The number of rotatable bonds is 3. The molecule has 19 heavy (non-hydrogen) atoms. The van der Waals surface area contributed by atoms with Crippen LogP contribution in [0.3, 0.4) is 0 Å². The summed E-state index contributed by atoms with van der Waals surface area (Å²) in [6.45, 7) is 0. The number of aromatic hydroxyl groups is 1. The van der Waals surface area contributed by atoms with Gasteiger partial charge in [0.05, 0.1) is 12.7 Å². The van der Waals surface area contributed by atoms with Crippen LogP contribution in [0.2, 0.25) is 0 Å². The molecule has 0 fully saturated rings. The molecule has 0 heterocycles. The molecule has 0 spiro atoms. The van der Waals surface area contributed by atoms with E-state index in [1.807, 2.05) is 0 Å². The van der Waals surface area contributed by atoms with E-state index in [4.69, 9.17) is 9.84 Å². The average Bonchev–Trinajstić information content (AvgIpc) is 2.43. The predicted molar refractivity (Wildman–Crippen MR) is 69.0 cm³/mol. The molecule has 2 aromatic carbocycles. The zero-order valence-corrected chi connectivity index (χ0v) is 10.2. The van der Waals surface area contributed by atoms with Gasteiger partial charge in [-0.05, 0) is 24.3 Å². The number of benzene rings is 2. The summed E-state index contributed by atoms with van der Waals surface area (Å²) in [4.78, 5) is 12.0. The summed E-state index contributed by atoms with van der Waals surface area (Å²) in [5, 5.41) is 11.6. The van der Waals surface area contributed by atoms with Gasteiger partial charge in [0.1, 0.15) is 5.75 Å². The van der Waals surface area contributed by atoms with E-state index < -0.39 is 17.5 Å². The van der Waals surface area contributed by atoms with E-state index in [9.17, 15) is 9.18 Å². The Hall–Kier alpha value is -2.56. The summed E-state index contributed by atoms with van der Waals surface area (Å²) in [6, 6.07) is 10.3. The van der Waals surface area contributed by atoms with Gasteiger partial charge in [-0.3, -0.25) is 4.79 Å². The van der Waals surface area contributed by atoms with Crippen molar-refractivity contribution in [2.45, 2.75) is 0 Å². The fraction of sp³-hybridized carbons (Fsp3) is 0.0714. The lowest BCUT2D eigenvalue weighted by Crippen LogP contribution is -2.13. The van der Waals surface area contributed by atoms with E-state index in [0.29, 0.717) is 11.3 Å². The molecule has 0 aromatic heterocycles. The first-order valence-electron chi connectivity index (χ1n) is 5.54. The highest BCUT2D eigenvalue weighted by Crippen LogP contribution is 2.22. The molecule has 0 atom stereocenters.